The molecule has 2 aromatic rings. The molecule has 0 spiro atoms. The van der Waals surface area contributed by atoms with Crippen LogP contribution in [0.3, 0.4) is 0 Å². The van der Waals surface area contributed by atoms with E-state index in [1.54, 1.807) is 0 Å². The molecule has 2 atom stereocenters. The van der Waals surface area contributed by atoms with Gasteiger partial charge >= 0.3 is 0 Å². The van der Waals surface area contributed by atoms with Crippen LogP contribution in [0.5, 0.6) is 0 Å². The highest BCUT2D eigenvalue weighted by molar-refractivity contribution is 5.24. The molecule has 1 aliphatic heterocycles. The molecule has 0 aliphatic carbocycles. The maximum atomic E-state index is 13.3. The first-order valence-electron chi connectivity index (χ1n) is 7.69. The van der Waals surface area contributed by atoms with E-state index >= 15 is 0 Å². The lowest BCUT2D eigenvalue weighted by molar-refractivity contribution is 0.314. The normalized spacial score (nSPS) is 21.7. The van der Waals surface area contributed by atoms with Crippen molar-refractivity contribution in [3.63, 3.8) is 0 Å². The Bertz CT molecular complexity index is 652. The van der Waals surface area contributed by atoms with Crippen molar-refractivity contribution >= 4 is 0 Å². The second-order valence-corrected chi connectivity index (χ2v) is 6.08. The van der Waals surface area contributed by atoms with Gasteiger partial charge in [0.05, 0.1) is 0 Å². The third-order valence-electron chi connectivity index (χ3n) is 4.50. The van der Waals surface area contributed by atoms with Crippen LogP contribution in [0.1, 0.15) is 17.0 Å². The predicted octanol–water partition coefficient (Wildman–Crippen LogP) is 3.28. The average Bonchev–Trinajstić information content (AvgIpc) is 2.96. The fourth-order valence-corrected chi connectivity index (χ4v) is 3.36. The summed E-state index contributed by atoms with van der Waals surface area (Å²) < 4.78 is 39.7. The minimum absolute atomic E-state index is 0.299. The molecule has 0 amide bonds. The van der Waals surface area contributed by atoms with Crippen LogP contribution >= 0.6 is 0 Å². The lowest BCUT2D eigenvalue weighted by atomic mass is 9.89. The quantitative estimate of drug-likeness (QED) is 0.876. The van der Waals surface area contributed by atoms with Crippen molar-refractivity contribution in [2.24, 2.45) is 11.7 Å². The number of rotatable bonds is 4. The third-order valence-corrected chi connectivity index (χ3v) is 4.50. The number of nitrogens with zero attached hydrogens (tertiary/aromatic N) is 1. The van der Waals surface area contributed by atoms with E-state index in [1.165, 1.54) is 5.56 Å². The summed E-state index contributed by atoms with van der Waals surface area (Å²) in [4.78, 5) is 2.11. The summed E-state index contributed by atoms with van der Waals surface area (Å²) >= 11 is 0. The Labute approximate surface area is 133 Å². The Kier molecular flexibility index (Phi) is 4.68. The van der Waals surface area contributed by atoms with Crippen LogP contribution in [0.15, 0.2) is 42.5 Å². The predicted molar refractivity (Wildman–Crippen MR) is 83.3 cm³/mol. The van der Waals surface area contributed by atoms with E-state index < -0.39 is 17.5 Å². The van der Waals surface area contributed by atoms with Crippen molar-refractivity contribution < 1.29 is 13.2 Å². The van der Waals surface area contributed by atoms with Crippen molar-refractivity contribution in [3.05, 3.63) is 71.0 Å². The van der Waals surface area contributed by atoms with Crippen molar-refractivity contribution in [3.8, 4) is 0 Å². The van der Waals surface area contributed by atoms with E-state index in [0.717, 1.165) is 25.2 Å². The van der Waals surface area contributed by atoms with Crippen LogP contribution in [0.4, 0.5) is 13.2 Å². The van der Waals surface area contributed by atoms with Gasteiger partial charge in [-0.15, -0.1) is 0 Å². The van der Waals surface area contributed by atoms with Gasteiger partial charge in [-0.2, -0.15) is 0 Å². The SMILES string of the molecule is NC[C@@H]1CN(Cc2cc(F)c(F)c(F)c2)C[C@H]1c1ccccc1. The van der Waals surface area contributed by atoms with Crippen molar-refractivity contribution in [1.82, 2.24) is 4.90 Å². The standard InChI is InChI=1S/C18H19F3N2/c19-16-6-12(7-17(20)18(16)21)9-23-10-14(8-22)15(11-23)13-4-2-1-3-5-13/h1-7,14-15H,8-11,22H2/t14-,15+/m1/s1. The van der Waals surface area contributed by atoms with Gasteiger partial charge in [-0.05, 0) is 35.7 Å². The minimum Gasteiger partial charge on any atom is -0.330 e. The first-order chi connectivity index (χ1) is 11.1. The van der Waals surface area contributed by atoms with Gasteiger partial charge in [-0.3, -0.25) is 4.90 Å². The molecule has 0 radical (unpaired) electrons. The Morgan fingerprint density at radius 3 is 2.26 bits per heavy atom. The van der Waals surface area contributed by atoms with E-state index in [0.29, 0.717) is 30.5 Å². The van der Waals surface area contributed by atoms with E-state index in [4.69, 9.17) is 5.73 Å². The molecular formula is C18H19F3N2. The molecule has 2 nitrogen and oxygen atoms in total. The molecule has 0 aromatic heterocycles. The first-order valence-corrected chi connectivity index (χ1v) is 7.69. The number of hydrogen-bond acceptors (Lipinski definition) is 2. The van der Waals surface area contributed by atoms with Crippen molar-refractivity contribution in [1.29, 1.82) is 0 Å². The summed E-state index contributed by atoms with van der Waals surface area (Å²) in [5.41, 5.74) is 7.55. The summed E-state index contributed by atoms with van der Waals surface area (Å²) in [6.07, 6.45) is 0. The van der Waals surface area contributed by atoms with Gasteiger partial charge < -0.3 is 5.73 Å². The zero-order valence-corrected chi connectivity index (χ0v) is 12.7. The molecule has 1 heterocycles. The van der Waals surface area contributed by atoms with Gasteiger partial charge in [0, 0.05) is 25.6 Å². The topological polar surface area (TPSA) is 29.3 Å². The third kappa shape index (κ3) is 3.41. The minimum atomic E-state index is -1.42. The number of benzene rings is 2. The molecule has 1 fully saturated rings. The summed E-state index contributed by atoms with van der Waals surface area (Å²) in [5.74, 6) is -3.11. The van der Waals surface area contributed by atoms with Crippen LogP contribution in [0.2, 0.25) is 0 Å². The molecule has 2 aromatic carbocycles. The molecule has 23 heavy (non-hydrogen) atoms. The highest BCUT2D eigenvalue weighted by atomic mass is 19.2. The summed E-state index contributed by atoms with van der Waals surface area (Å²) in [6, 6.07) is 12.2. The van der Waals surface area contributed by atoms with Crippen molar-refractivity contribution in [2.45, 2.75) is 12.5 Å². The summed E-state index contributed by atoms with van der Waals surface area (Å²) in [5, 5.41) is 0. The van der Waals surface area contributed by atoms with E-state index in [2.05, 4.69) is 17.0 Å². The van der Waals surface area contributed by atoms with Gasteiger partial charge in [-0.1, -0.05) is 30.3 Å². The molecule has 5 heteroatoms. The highest BCUT2D eigenvalue weighted by Crippen LogP contribution is 2.33. The maximum absolute atomic E-state index is 13.3. The number of hydrogen-bond donors (Lipinski definition) is 1. The highest BCUT2D eigenvalue weighted by Gasteiger charge is 2.32. The second kappa shape index (κ2) is 6.72. The van der Waals surface area contributed by atoms with E-state index in [-0.39, 0.29) is 0 Å². The molecule has 0 saturated carbocycles. The van der Waals surface area contributed by atoms with Gasteiger partial charge in [-0.25, -0.2) is 13.2 Å². The fourth-order valence-electron chi connectivity index (χ4n) is 3.36. The largest absolute Gasteiger partial charge is 0.330 e. The lowest BCUT2D eigenvalue weighted by Gasteiger charge is -2.17. The van der Waals surface area contributed by atoms with Gasteiger partial charge in [0.2, 0.25) is 0 Å². The zero-order chi connectivity index (χ0) is 16.4. The molecule has 0 unspecified atom stereocenters. The Balaban J connectivity index is 1.75. The summed E-state index contributed by atoms with van der Waals surface area (Å²) in [7, 11) is 0. The lowest BCUT2D eigenvalue weighted by Crippen LogP contribution is -2.23. The zero-order valence-electron chi connectivity index (χ0n) is 12.7. The molecular weight excluding hydrogens is 301 g/mol. The fraction of sp³-hybridized carbons (Fsp3) is 0.333. The Morgan fingerprint density at radius 2 is 1.65 bits per heavy atom. The monoisotopic (exact) mass is 320 g/mol. The number of halogens is 3. The Morgan fingerprint density at radius 1 is 1.00 bits per heavy atom. The van der Waals surface area contributed by atoms with Gasteiger partial charge in [0.1, 0.15) is 0 Å². The van der Waals surface area contributed by atoms with Crippen LogP contribution in [0.25, 0.3) is 0 Å². The molecule has 1 saturated heterocycles. The molecule has 3 rings (SSSR count). The summed E-state index contributed by atoms with van der Waals surface area (Å²) in [6.45, 7) is 2.47. The number of likely N-dealkylation sites (tertiary alicyclic amines) is 1. The van der Waals surface area contributed by atoms with Gasteiger partial charge in [0.25, 0.3) is 0 Å². The van der Waals surface area contributed by atoms with Crippen LogP contribution in [0, 0.1) is 23.4 Å². The van der Waals surface area contributed by atoms with Crippen molar-refractivity contribution in [2.75, 3.05) is 19.6 Å². The first kappa shape index (κ1) is 16.0. The smallest absolute Gasteiger partial charge is 0.194 e. The second-order valence-electron chi connectivity index (χ2n) is 6.08. The van der Waals surface area contributed by atoms with Crippen LogP contribution in [-0.2, 0) is 6.54 Å². The van der Waals surface area contributed by atoms with Crippen LogP contribution < -0.4 is 5.73 Å². The number of nitrogens with two attached hydrogens (primary N) is 1. The molecule has 122 valence electrons. The van der Waals surface area contributed by atoms with E-state index in [9.17, 15) is 13.2 Å². The molecule has 0 bridgehead atoms. The average molecular weight is 320 g/mol. The van der Waals surface area contributed by atoms with E-state index in [1.807, 2.05) is 18.2 Å². The molecule has 2 N–H and O–H groups in total. The maximum Gasteiger partial charge on any atom is 0.194 e. The molecule has 1 aliphatic rings. The van der Waals surface area contributed by atoms with Crippen LogP contribution in [-0.4, -0.2) is 24.5 Å². The van der Waals surface area contributed by atoms with Gasteiger partial charge in [0.15, 0.2) is 17.5 Å². The Hall–Kier alpha value is -1.85.